The number of carbonyl (C=O) groups excluding carboxylic acids is 2. The second-order valence-electron chi connectivity index (χ2n) is 9.90. The molecule has 1 aliphatic carbocycles. The standard InChI is InChI=1S/C29H44O4/c1-4-5-6-7-8-9-10-17-22-32-27(30)29(2,3)28(31)33-26(25-20-15-12-16-21-25)23-24-18-13-11-14-19-24/h12-13,15-16,18,20-21,24,26H,4-11,14,17,19,22-23H2,1-3H3. The van der Waals surface area contributed by atoms with Crippen LogP contribution < -0.4 is 0 Å². The van der Waals surface area contributed by atoms with Crippen molar-refractivity contribution in [2.75, 3.05) is 6.61 Å². The second kappa shape index (κ2) is 14.9. The molecule has 0 aliphatic heterocycles. The summed E-state index contributed by atoms with van der Waals surface area (Å²) < 4.78 is 11.4. The lowest BCUT2D eigenvalue weighted by Crippen LogP contribution is -2.37. The fraction of sp³-hybridized carbons (Fsp3) is 0.655. The van der Waals surface area contributed by atoms with Crippen molar-refractivity contribution in [2.45, 2.75) is 104 Å². The Kier molecular flexibility index (Phi) is 12.3. The van der Waals surface area contributed by atoms with Gasteiger partial charge in [-0.05, 0) is 57.4 Å². The number of benzene rings is 1. The molecule has 2 unspecified atom stereocenters. The quantitative estimate of drug-likeness (QED) is 0.117. The summed E-state index contributed by atoms with van der Waals surface area (Å²) in [5, 5.41) is 0. The minimum atomic E-state index is -1.32. The van der Waals surface area contributed by atoms with E-state index in [0.29, 0.717) is 12.5 Å². The largest absolute Gasteiger partial charge is 0.465 e. The van der Waals surface area contributed by atoms with Crippen molar-refractivity contribution < 1.29 is 19.1 Å². The van der Waals surface area contributed by atoms with Crippen molar-refractivity contribution in [1.82, 2.24) is 0 Å². The van der Waals surface area contributed by atoms with Gasteiger partial charge < -0.3 is 9.47 Å². The highest BCUT2D eigenvalue weighted by Gasteiger charge is 2.41. The van der Waals surface area contributed by atoms with E-state index in [4.69, 9.17) is 9.47 Å². The molecule has 2 atom stereocenters. The predicted octanol–water partition coefficient (Wildman–Crippen LogP) is 7.73. The van der Waals surface area contributed by atoms with Crippen molar-refractivity contribution in [1.29, 1.82) is 0 Å². The van der Waals surface area contributed by atoms with Gasteiger partial charge in [0.25, 0.3) is 0 Å². The van der Waals surface area contributed by atoms with Gasteiger partial charge in [0, 0.05) is 0 Å². The molecule has 2 rings (SSSR count). The van der Waals surface area contributed by atoms with Gasteiger partial charge >= 0.3 is 11.9 Å². The first-order chi connectivity index (χ1) is 15.9. The first kappa shape index (κ1) is 27.1. The molecular weight excluding hydrogens is 412 g/mol. The molecule has 0 N–H and O–H groups in total. The summed E-state index contributed by atoms with van der Waals surface area (Å²) in [6, 6.07) is 9.83. The van der Waals surface area contributed by atoms with Crippen LogP contribution in [0.1, 0.15) is 109 Å². The molecular formula is C29H44O4. The summed E-state index contributed by atoms with van der Waals surface area (Å²) in [6.07, 6.45) is 17.6. The predicted molar refractivity (Wildman–Crippen MR) is 134 cm³/mol. The van der Waals surface area contributed by atoms with Crippen LogP contribution in [-0.2, 0) is 19.1 Å². The minimum absolute atomic E-state index is 0.361. The van der Waals surface area contributed by atoms with E-state index >= 15 is 0 Å². The number of carbonyl (C=O) groups is 2. The molecule has 1 aliphatic rings. The molecule has 0 spiro atoms. The summed E-state index contributed by atoms with van der Waals surface area (Å²) in [7, 11) is 0. The minimum Gasteiger partial charge on any atom is -0.465 e. The smallest absolute Gasteiger partial charge is 0.323 e. The van der Waals surface area contributed by atoms with Crippen LogP contribution in [0.2, 0.25) is 0 Å². The number of allylic oxidation sites excluding steroid dienone is 2. The third-order valence-electron chi connectivity index (χ3n) is 6.54. The number of hydrogen-bond acceptors (Lipinski definition) is 4. The fourth-order valence-electron chi connectivity index (χ4n) is 4.22. The monoisotopic (exact) mass is 456 g/mol. The van der Waals surface area contributed by atoms with Crippen molar-refractivity contribution in [3.63, 3.8) is 0 Å². The molecule has 0 saturated heterocycles. The summed E-state index contributed by atoms with van der Waals surface area (Å²) in [4.78, 5) is 25.7. The Hall–Kier alpha value is -2.10. The lowest BCUT2D eigenvalue weighted by molar-refractivity contribution is -0.174. The van der Waals surface area contributed by atoms with Crippen LogP contribution >= 0.6 is 0 Å². The van der Waals surface area contributed by atoms with Crippen molar-refractivity contribution in [3.8, 4) is 0 Å². The molecule has 0 radical (unpaired) electrons. The summed E-state index contributed by atoms with van der Waals surface area (Å²) in [5.41, 5.74) is -0.358. The van der Waals surface area contributed by atoms with Crippen molar-refractivity contribution in [2.24, 2.45) is 11.3 Å². The first-order valence-corrected chi connectivity index (χ1v) is 13.0. The molecule has 0 amide bonds. The van der Waals surface area contributed by atoms with E-state index < -0.39 is 17.4 Å². The Morgan fingerprint density at radius 1 is 0.970 bits per heavy atom. The average Bonchev–Trinajstić information content (AvgIpc) is 2.83. The van der Waals surface area contributed by atoms with Crippen molar-refractivity contribution >= 4 is 11.9 Å². The Balaban J connectivity index is 1.83. The first-order valence-electron chi connectivity index (χ1n) is 13.0. The molecule has 0 heterocycles. The Bertz CT molecular complexity index is 722. The molecule has 4 heteroatoms. The Labute approximate surface area is 201 Å². The van der Waals surface area contributed by atoms with Crippen LogP contribution in [0.5, 0.6) is 0 Å². The lowest BCUT2D eigenvalue weighted by Gasteiger charge is -2.28. The SMILES string of the molecule is CCCCCCCCCCOC(=O)C(C)(C)C(=O)OC(CC1C=CCCC1)c1ccccc1. The molecule has 0 saturated carbocycles. The van der Waals surface area contributed by atoms with Gasteiger partial charge in [-0.1, -0.05) is 94.4 Å². The zero-order valence-electron chi connectivity index (χ0n) is 21.0. The third kappa shape index (κ3) is 9.73. The highest BCUT2D eigenvalue weighted by atomic mass is 16.6. The number of hydrogen-bond donors (Lipinski definition) is 0. The van der Waals surface area contributed by atoms with Gasteiger partial charge in [0.2, 0.25) is 0 Å². The van der Waals surface area contributed by atoms with Crippen molar-refractivity contribution in [3.05, 3.63) is 48.0 Å². The van der Waals surface area contributed by atoms with E-state index in [0.717, 1.165) is 44.1 Å². The van der Waals surface area contributed by atoms with E-state index in [1.165, 1.54) is 38.5 Å². The third-order valence-corrected chi connectivity index (χ3v) is 6.54. The highest BCUT2D eigenvalue weighted by Crippen LogP contribution is 2.33. The van der Waals surface area contributed by atoms with E-state index in [1.54, 1.807) is 13.8 Å². The van der Waals surface area contributed by atoms with Crippen LogP contribution in [-0.4, -0.2) is 18.5 Å². The maximum Gasteiger partial charge on any atom is 0.323 e. The summed E-state index contributed by atoms with van der Waals surface area (Å²) in [6.45, 7) is 5.79. The molecule has 0 fully saturated rings. The van der Waals surface area contributed by atoms with Crippen LogP contribution in [0.4, 0.5) is 0 Å². The van der Waals surface area contributed by atoms with Gasteiger partial charge in [-0.15, -0.1) is 0 Å². The zero-order chi connectivity index (χ0) is 23.9. The molecule has 184 valence electrons. The maximum atomic E-state index is 13.1. The number of rotatable bonds is 15. The van der Waals surface area contributed by atoms with Gasteiger partial charge in [0.15, 0.2) is 5.41 Å². The number of esters is 2. The van der Waals surface area contributed by atoms with E-state index in [1.807, 2.05) is 30.3 Å². The van der Waals surface area contributed by atoms with E-state index in [-0.39, 0.29) is 6.10 Å². The van der Waals surface area contributed by atoms with Crippen LogP contribution in [0.15, 0.2) is 42.5 Å². The normalized spacial score (nSPS) is 16.9. The van der Waals surface area contributed by atoms with Gasteiger partial charge in [0.1, 0.15) is 6.10 Å². The molecule has 1 aromatic carbocycles. The van der Waals surface area contributed by atoms with Crippen LogP contribution in [0.25, 0.3) is 0 Å². The van der Waals surface area contributed by atoms with E-state index in [9.17, 15) is 9.59 Å². The highest BCUT2D eigenvalue weighted by molar-refractivity contribution is 5.99. The zero-order valence-corrected chi connectivity index (χ0v) is 21.0. The molecule has 33 heavy (non-hydrogen) atoms. The number of unbranched alkanes of at least 4 members (excludes halogenated alkanes) is 7. The van der Waals surface area contributed by atoms with Crippen LogP contribution in [0.3, 0.4) is 0 Å². The Morgan fingerprint density at radius 3 is 2.27 bits per heavy atom. The van der Waals surface area contributed by atoms with E-state index in [2.05, 4.69) is 19.1 Å². The molecule has 4 nitrogen and oxygen atoms in total. The summed E-state index contributed by atoms with van der Waals surface area (Å²) in [5.74, 6) is -0.634. The molecule has 1 aromatic rings. The molecule has 0 aromatic heterocycles. The summed E-state index contributed by atoms with van der Waals surface area (Å²) >= 11 is 0. The lowest BCUT2D eigenvalue weighted by atomic mass is 9.88. The van der Waals surface area contributed by atoms with Gasteiger partial charge in [-0.3, -0.25) is 9.59 Å². The topological polar surface area (TPSA) is 52.6 Å². The van der Waals surface area contributed by atoms with Gasteiger partial charge in [0.05, 0.1) is 6.61 Å². The average molecular weight is 457 g/mol. The second-order valence-corrected chi connectivity index (χ2v) is 9.90. The molecule has 0 bridgehead atoms. The van der Waals surface area contributed by atoms with Gasteiger partial charge in [-0.25, -0.2) is 0 Å². The Morgan fingerprint density at radius 2 is 1.64 bits per heavy atom. The van der Waals surface area contributed by atoms with Crippen LogP contribution in [0, 0.1) is 11.3 Å². The fourth-order valence-corrected chi connectivity index (χ4v) is 4.22. The van der Waals surface area contributed by atoms with Gasteiger partial charge in [-0.2, -0.15) is 0 Å². The maximum absolute atomic E-state index is 13.1. The number of ether oxygens (including phenoxy) is 2.